The van der Waals surface area contributed by atoms with Crippen molar-refractivity contribution in [2.75, 3.05) is 5.43 Å². The molecule has 0 aliphatic carbocycles. The van der Waals surface area contributed by atoms with Gasteiger partial charge in [0.1, 0.15) is 17.2 Å². The van der Waals surface area contributed by atoms with Gasteiger partial charge in [0.2, 0.25) is 0 Å². The first-order valence-corrected chi connectivity index (χ1v) is 7.18. The minimum absolute atomic E-state index is 0.673. The monoisotopic (exact) mass is 294 g/mol. The first kappa shape index (κ1) is 14.1. The molecule has 3 N–H and O–H groups in total. The standard InChI is InChI=1S/C13H15ClN4S/c1-2-5-9-12(18-15)16-8-17-13(9)19-11-7-4-3-6-10(11)14/h3-4,6-8H,2,5,15H2,1H3,(H,16,17,18). The van der Waals surface area contributed by atoms with Crippen LogP contribution in [0.4, 0.5) is 5.82 Å². The van der Waals surface area contributed by atoms with E-state index in [9.17, 15) is 0 Å². The van der Waals surface area contributed by atoms with E-state index >= 15 is 0 Å². The normalized spacial score (nSPS) is 10.5. The highest BCUT2D eigenvalue weighted by Crippen LogP contribution is 2.35. The lowest BCUT2D eigenvalue weighted by Crippen LogP contribution is -2.12. The number of nitrogens with one attached hydrogen (secondary N) is 1. The van der Waals surface area contributed by atoms with Crippen LogP contribution in [0.25, 0.3) is 0 Å². The first-order chi connectivity index (χ1) is 9.26. The maximum atomic E-state index is 6.17. The quantitative estimate of drug-likeness (QED) is 0.502. The van der Waals surface area contributed by atoms with Gasteiger partial charge in [0.15, 0.2) is 0 Å². The Labute approximate surface area is 121 Å². The summed E-state index contributed by atoms with van der Waals surface area (Å²) < 4.78 is 0. The Bertz CT molecular complexity index is 562. The highest BCUT2D eigenvalue weighted by molar-refractivity contribution is 7.99. The zero-order valence-electron chi connectivity index (χ0n) is 10.6. The number of anilines is 1. The van der Waals surface area contributed by atoms with Gasteiger partial charge in [0.05, 0.1) is 5.02 Å². The molecule has 2 rings (SSSR count). The van der Waals surface area contributed by atoms with Crippen molar-refractivity contribution in [3.8, 4) is 0 Å². The van der Waals surface area contributed by atoms with Gasteiger partial charge in [-0.2, -0.15) is 0 Å². The number of nitrogens with two attached hydrogens (primary N) is 1. The van der Waals surface area contributed by atoms with Gasteiger partial charge in [-0.3, -0.25) is 0 Å². The average Bonchev–Trinajstić information content (AvgIpc) is 2.43. The summed E-state index contributed by atoms with van der Waals surface area (Å²) in [5.41, 5.74) is 3.65. The van der Waals surface area contributed by atoms with Crippen LogP contribution in [-0.4, -0.2) is 9.97 Å². The molecule has 0 amide bonds. The van der Waals surface area contributed by atoms with Crippen LogP contribution in [0, 0.1) is 0 Å². The number of halogens is 1. The van der Waals surface area contributed by atoms with Crippen molar-refractivity contribution in [2.45, 2.75) is 29.7 Å². The van der Waals surface area contributed by atoms with E-state index in [-0.39, 0.29) is 0 Å². The topological polar surface area (TPSA) is 63.8 Å². The lowest BCUT2D eigenvalue weighted by molar-refractivity contribution is 0.856. The fraction of sp³-hybridized carbons (Fsp3) is 0.231. The Kier molecular flexibility index (Phi) is 5.01. The van der Waals surface area contributed by atoms with Crippen molar-refractivity contribution in [2.24, 2.45) is 5.84 Å². The largest absolute Gasteiger partial charge is 0.308 e. The number of nitrogens with zero attached hydrogens (tertiary/aromatic N) is 2. The predicted molar refractivity (Wildman–Crippen MR) is 79.4 cm³/mol. The van der Waals surface area contributed by atoms with Crippen LogP contribution < -0.4 is 11.3 Å². The van der Waals surface area contributed by atoms with Crippen LogP contribution in [0.5, 0.6) is 0 Å². The van der Waals surface area contributed by atoms with Crippen molar-refractivity contribution in [1.82, 2.24) is 9.97 Å². The molecule has 1 heterocycles. The van der Waals surface area contributed by atoms with Gasteiger partial charge in [-0.25, -0.2) is 15.8 Å². The summed E-state index contributed by atoms with van der Waals surface area (Å²) in [6.45, 7) is 2.11. The number of aromatic nitrogens is 2. The molecule has 0 unspecified atom stereocenters. The predicted octanol–water partition coefficient (Wildman–Crippen LogP) is 3.52. The molecule has 0 saturated carbocycles. The second-order valence-electron chi connectivity index (χ2n) is 3.93. The van der Waals surface area contributed by atoms with E-state index in [4.69, 9.17) is 17.4 Å². The van der Waals surface area contributed by atoms with Gasteiger partial charge in [-0.05, 0) is 18.6 Å². The van der Waals surface area contributed by atoms with Gasteiger partial charge in [0.25, 0.3) is 0 Å². The van der Waals surface area contributed by atoms with Crippen LogP contribution >= 0.6 is 23.4 Å². The minimum atomic E-state index is 0.673. The van der Waals surface area contributed by atoms with E-state index in [0.29, 0.717) is 5.82 Å². The highest BCUT2D eigenvalue weighted by Gasteiger charge is 2.12. The molecular formula is C13H15ClN4S. The number of rotatable bonds is 5. The molecule has 0 bridgehead atoms. The van der Waals surface area contributed by atoms with E-state index in [0.717, 1.165) is 33.3 Å². The zero-order chi connectivity index (χ0) is 13.7. The van der Waals surface area contributed by atoms with Crippen molar-refractivity contribution >= 4 is 29.2 Å². The summed E-state index contributed by atoms with van der Waals surface area (Å²) in [7, 11) is 0. The van der Waals surface area contributed by atoms with Crippen LogP contribution in [0.1, 0.15) is 18.9 Å². The van der Waals surface area contributed by atoms with Crippen LogP contribution in [0.2, 0.25) is 5.02 Å². The van der Waals surface area contributed by atoms with Gasteiger partial charge in [0, 0.05) is 10.5 Å². The van der Waals surface area contributed by atoms with Gasteiger partial charge >= 0.3 is 0 Å². The van der Waals surface area contributed by atoms with Gasteiger partial charge < -0.3 is 5.43 Å². The molecule has 1 aromatic heterocycles. The zero-order valence-corrected chi connectivity index (χ0v) is 12.1. The Morgan fingerprint density at radius 2 is 2.11 bits per heavy atom. The number of benzene rings is 1. The van der Waals surface area contributed by atoms with Gasteiger partial charge in [-0.15, -0.1) is 0 Å². The lowest BCUT2D eigenvalue weighted by Gasteiger charge is -2.11. The molecule has 0 aliphatic rings. The number of nitrogen functional groups attached to an aromatic ring is 1. The third kappa shape index (κ3) is 3.37. The van der Waals surface area contributed by atoms with Crippen molar-refractivity contribution in [3.63, 3.8) is 0 Å². The molecule has 0 spiro atoms. The van der Waals surface area contributed by atoms with Crippen LogP contribution in [0.15, 0.2) is 40.5 Å². The molecule has 0 fully saturated rings. The molecule has 0 atom stereocenters. The highest BCUT2D eigenvalue weighted by atomic mass is 35.5. The number of hydrogen-bond acceptors (Lipinski definition) is 5. The molecule has 6 heteroatoms. The molecule has 100 valence electrons. The van der Waals surface area contributed by atoms with E-state index < -0.39 is 0 Å². The second kappa shape index (κ2) is 6.75. The number of hydrogen-bond donors (Lipinski definition) is 2. The van der Waals surface area contributed by atoms with E-state index in [1.54, 1.807) is 0 Å². The van der Waals surface area contributed by atoms with Crippen LogP contribution in [-0.2, 0) is 6.42 Å². The summed E-state index contributed by atoms with van der Waals surface area (Å²) >= 11 is 7.70. The second-order valence-corrected chi connectivity index (χ2v) is 5.37. The molecule has 0 saturated heterocycles. The summed E-state index contributed by atoms with van der Waals surface area (Å²) in [6, 6.07) is 7.70. The van der Waals surface area contributed by atoms with E-state index in [1.807, 2.05) is 24.3 Å². The Balaban J connectivity index is 2.37. The Morgan fingerprint density at radius 3 is 2.79 bits per heavy atom. The van der Waals surface area contributed by atoms with Crippen molar-refractivity contribution < 1.29 is 0 Å². The summed E-state index contributed by atoms with van der Waals surface area (Å²) in [6.07, 6.45) is 3.37. The molecule has 4 nitrogen and oxygen atoms in total. The molecule has 2 aromatic rings. The fourth-order valence-corrected chi connectivity index (χ4v) is 2.91. The van der Waals surface area contributed by atoms with Gasteiger partial charge in [-0.1, -0.05) is 48.8 Å². The molecule has 1 aromatic carbocycles. The SMILES string of the molecule is CCCc1c(NN)ncnc1Sc1ccccc1Cl. The fourth-order valence-electron chi connectivity index (χ4n) is 1.72. The van der Waals surface area contributed by atoms with E-state index in [2.05, 4.69) is 22.3 Å². The Hall–Kier alpha value is -1.30. The summed E-state index contributed by atoms with van der Waals surface area (Å²) in [5, 5.41) is 1.61. The average molecular weight is 295 g/mol. The first-order valence-electron chi connectivity index (χ1n) is 5.99. The lowest BCUT2D eigenvalue weighted by atomic mass is 10.2. The molecule has 0 aliphatic heterocycles. The smallest absolute Gasteiger partial charge is 0.147 e. The summed E-state index contributed by atoms with van der Waals surface area (Å²) in [5.74, 6) is 6.17. The molecule has 19 heavy (non-hydrogen) atoms. The third-order valence-corrected chi connectivity index (χ3v) is 4.15. The third-order valence-electron chi connectivity index (χ3n) is 2.59. The van der Waals surface area contributed by atoms with E-state index in [1.165, 1.54) is 18.1 Å². The van der Waals surface area contributed by atoms with Crippen molar-refractivity contribution in [1.29, 1.82) is 0 Å². The molecule has 0 radical (unpaired) electrons. The van der Waals surface area contributed by atoms with Crippen molar-refractivity contribution in [3.05, 3.63) is 41.2 Å². The summed E-state index contributed by atoms with van der Waals surface area (Å²) in [4.78, 5) is 9.46. The molecular weight excluding hydrogens is 280 g/mol. The maximum absolute atomic E-state index is 6.17. The Morgan fingerprint density at radius 1 is 1.32 bits per heavy atom. The van der Waals surface area contributed by atoms with Crippen LogP contribution in [0.3, 0.4) is 0 Å². The number of hydrazine groups is 1. The maximum Gasteiger partial charge on any atom is 0.147 e. The minimum Gasteiger partial charge on any atom is -0.308 e.